The molecule has 1 saturated heterocycles. The summed E-state index contributed by atoms with van der Waals surface area (Å²) in [6.45, 7) is 4.34. The molecule has 3 aromatic rings. The molecule has 0 bridgehead atoms. The third-order valence-corrected chi connectivity index (χ3v) is 4.79. The van der Waals surface area contributed by atoms with Crippen LogP contribution in [0.1, 0.15) is 0 Å². The number of hydrogen-bond acceptors (Lipinski definition) is 6. The van der Waals surface area contributed by atoms with E-state index in [1.807, 2.05) is 24.4 Å². The second-order valence-corrected chi connectivity index (χ2v) is 6.55. The summed E-state index contributed by atoms with van der Waals surface area (Å²) in [5.74, 6) is 1.31. The molecule has 1 aliphatic heterocycles. The summed E-state index contributed by atoms with van der Waals surface area (Å²) in [6, 6.07) is 14.3. The lowest BCUT2D eigenvalue weighted by molar-refractivity contribution is 0.313. The van der Waals surface area contributed by atoms with Gasteiger partial charge in [0.1, 0.15) is 11.3 Å². The lowest BCUT2D eigenvalue weighted by Crippen LogP contribution is -2.44. The first kappa shape index (κ1) is 16.6. The number of rotatable bonds is 4. The molecule has 0 spiro atoms. The van der Waals surface area contributed by atoms with Gasteiger partial charge >= 0.3 is 0 Å². The van der Waals surface area contributed by atoms with Gasteiger partial charge in [0.25, 0.3) is 0 Å². The van der Waals surface area contributed by atoms with Crippen LogP contribution in [0.4, 0.5) is 17.3 Å². The monoisotopic (exact) mass is 349 g/mol. The number of nitrogens with one attached hydrogen (secondary N) is 1. The molecule has 1 aliphatic rings. The first-order valence-electron chi connectivity index (χ1n) is 8.83. The zero-order valence-corrected chi connectivity index (χ0v) is 15.1. The first-order valence-corrected chi connectivity index (χ1v) is 8.83. The Hall–Kier alpha value is -2.86. The SMILES string of the molecule is COc1cccc2cnc(Nc3ccc(N4CCN(C)CC4)cc3)nc12. The first-order chi connectivity index (χ1) is 12.7. The van der Waals surface area contributed by atoms with Crippen LogP contribution in [0.5, 0.6) is 5.75 Å². The van der Waals surface area contributed by atoms with E-state index in [1.165, 1.54) is 5.69 Å². The Morgan fingerprint density at radius 2 is 1.77 bits per heavy atom. The number of nitrogens with zero attached hydrogens (tertiary/aromatic N) is 4. The number of para-hydroxylation sites is 1. The fraction of sp³-hybridized carbons (Fsp3) is 0.300. The molecular weight excluding hydrogens is 326 g/mol. The molecular formula is C20H23N5O. The summed E-state index contributed by atoms with van der Waals surface area (Å²) < 4.78 is 5.40. The normalized spacial score (nSPS) is 15.2. The lowest BCUT2D eigenvalue weighted by Gasteiger charge is -2.34. The molecule has 0 aliphatic carbocycles. The highest BCUT2D eigenvalue weighted by Gasteiger charge is 2.14. The van der Waals surface area contributed by atoms with Crippen LogP contribution in [-0.2, 0) is 0 Å². The van der Waals surface area contributed by atoms with Crippen molar-refractivity contribution in [2.45, 2.75) is 0 Å². The number of piperazine rings is 1. The third kappa shape index (κ3) is 3.41. The molecule has 2 heterocycles. The predicted molar refractivity (Wildman–Crippen MR) is 106 cm³/mol. The number of benzene rings is 2. The summed E-state index contributed by atoms with van der Waals surface area (Å²) >= 11 is 0. The minimum absolute atomic E-state index is 0.564. The van der Waals surface area contributed by atoms with E-state index in [0.717, 1.165) is 48.5 Å². The molecule has 0 radical (unpaired) electrons. The third-order valence-electron chi connectivity index (χ3n) is 4.79. The molecule has 0 atom stereocenters. The zero-order chi connectivity index (χ0) is 17.9. The number of ether oxygens (including phenoxy) is 1. The van der Waals surface area contributed by atoms with E-state index in [0.29, 0.717) is 5.95 Å². The predicted octanol–water partition coefficient (Wildman–Crippen LogP) is 3.13. The van der Waals surface area contributed by atoms with Gasteiger partial charge in [-0.1, -0.05) is 12.1 Å². The van der Waals surface area contributed by atoms with Crippen LogP contribution in [-0.4, -0.2) is 55.2 Å². The summed E-state index contributed by atoms with van der Waals surface area (Å²) in [5.41, 5.74) is 3.03. The van der Waals surface area contributed by atoms with Crippen molar-refractivity contribution < 1.29 is 4.74 Å². The standard InChI is InChI=1S/C20H23N5O/c1-24-10-12-25(13-11-24)17-8-6-16(7-9-17)22-20-21-14-15-4-3-5-18(26-2)19(15)23-20/h3-9,14H,10-13H2,1-2H3,(H,21,22,23). The van der Waals surface area contributed by atoms with Crippen molar-refractivity contribution in [1.29, 1.82) is 0 Å². The van der Waals surface area contributed by atoms with Crippen LogP contribution in [0.15, 0.2) is 48.7 Å². The molecule has 6 heteroatoms. The van der Waals surface area contributed by atoms with Crippen molar-refractivity contribution in [2.24, 2.45) is 0 Å². The van der Waals surface area contributed by atoms with E-state index < -0.39 is 0 Å². The van der Waals surface area contributed by atoms with Gasteiger partial charge < -0.3 is 19.9 Å². The molecule has 2 aromatic carbocycles. The Labute approximate surface area is 153 Å². The van der Waals surface area contributed by atoms with E-state index >= 15 is 0 Å². The largest absolute Gasteiger partial charge is 0.494 e. The van der Waals surface area contributed by atoms with Gasteiger partial charge in [0, 0.05) is 49.1 Å². The number of fused-ring (bicyclic) bond motifs is 1. The van der Waals surface area contributed by atoms with E-state index in [2.05, 4.69) is 56.4 Å². The van der Waals surface area contributed by atoms with Crippen LogP contribution >= 0.6 is 0 Å². The average Bonchev–Trinajstić information content (AvgIpc) is 2.69. The molecule has 6 nitrogen and oxygen atoms in total. The maximum absolute atomic E-state index is 5.40. The average molecular weight is 349 g/mol. The van der Waals surface area contributed by atoms with Gasteiger partial charge in [0.15, 0.2) is 0 Å². The molecule has 0 saturated carbocycles. The maximum atomic E-state index is 5.40. The zero-order valence-electron chi connectivity index (χ0n) is 15.1. The topological polar surface area (TPSA) is 53.5 Å². The molecule has 0 unspecified atom stereocenters. The summed E-state index contributed by atoms with van der Waals surface area (Å²) in [4.78, 5) is 13.8. The summed E-state index contributed by atoms with van der Waals surface area (Å²) in [7, 11) is 3.82. The lowest BCUT2D eigenvalue weighted by atomic mass is 10.2. The number of anilines is 3. The molecule has 4 rings (SSSR count). The fourth-order valence-electron chi connectivity index (χ4n) is 3.20. The highest BCUT2D eigenvalue weighted by molar-refractivity contribution is 5.84. The molecule has 0 amide bonds. The Morgan fingerprint density at radius 3 is 2.50 bits per heavy atom. The van der Waals surface area contributed by atoms with Crippen molar-refractivity contribution in [3.8, 4) is 5.75 Å². The van der Waals surface area contributed by atoms with E-state index in [9.17, 15) is 0 Å². The van der Waals surface area contributed by atoms with Crippen LogP contribution in [0.25, 0.3) is 10.9 Å². The highest BCUT2D eigenvalue weighted by atomic mass is 16.5. The fourth-order valence-corrected chi connectivity index (χ4v) is 3.20. The Balaban J connectivity index is 1.51. The van der Waals surface area contributed by atoms with E-state index in [-0.39, 0.29) is 0 Å². The summed E-state index contributed by atoms with van der Waals surface area (Å²) in [6.07, 6.45) is 1.81. The second-order valence-electron chi connectivity index (χ2n) is 6.55. The van der Waals surface area contributed by atoms with Gasteiger partial charge in [-0.3, -0.25) is 0 Å². The van der Waals surface area contributed by atoms with Crippen molar-refractivity contribution in [1.82, 2.24) is 14.9 Å². The molecule has 26 heavy (non-hydrogen) atoms. The summed E-state index contributed by atoms with van der Waals surface area (Å²) in [5, 5.41) is 4.24. The second kappa shape index (κ2) is 7.17. The number of aromatic nitrogens is 2. The van der Waals surface area contributed by atoms with Crippen LogP contribution < -0.4 is 15.0 Å². The van der Waals surface area contributed by atoms with Crippen LogP contribution in [0, 0.1) is 0 Å². The highest BCUT2D eigenvalue weighted by Crippen LogP contribution is 2.25. The van der Waals surface area contributed by atoms with E-state index in [4.69, 9.17) is 4.74 Å². The van der Waals surface area contributed by atoms with Crippen molar-refractivity contribution >= 4 is 28.2 Å². The van der Waals surface area contributed by atoms with Crippen molar-refractivity contribution in [2.75, 3.05) is 50.6 Å². The number of likely N-dealkylation sites (N-methyl/N-ethyl adjacent to an activating group) is 1. The van der Waals surface area contributed by atoms with Crippen molar-refractivity contribution in [3.63, 3.8) is 0 Å². The maximum Gasteiger partial charge on any atom is 0.227 e. The van der Waals surface area contributed by atoms with E-state index in [1.54, 1.807) is 7.11 Å². The number of methoxy groups -OCH3 is 1. The Kier molecular flexibility index (Phi) is 4.58. The van der Waals surface area contributed by atoms with Crippen LogP contribution in [0.3, 0.4) is 0 Å². The quantitative estimate of drug-likeness (QED) is 0.781. The van der Waals surface area contributed by atoms with Gasteiger partial charge in [-0.2, -0.15) is 0 Å². The molecule has 134 valence electrons. The number of hydrogen-bond donors (Lipinski definition) is 1. The van der Waals surface area contributed by atoms with Crippen molar-refractivity contribution in [3.05, 3.63) is 48.7 Å². The van der Waals surface area contributed by atoms with Gasteiger partial charge in [-0.15, -0.1) is 0 Å². The minimum atomic E-state index is 0.564. The van der Waals surface area contributed by atoms with Gasteiger partial charge in [-0.05, 0) is 37.4 Å². The smallest absolute Gasteiger partial charge is 0.227 e. The molecule has 1 N–H and O–H groups in total. The van der Waals surface area contributed by atoms with Gasteiger partial charge in [0.2, 0.25) is 5.95 Å². The molecule has 1 fully saturated rings. The Bertz CT molecular complexity index is 888. The minimum Gasteiger partial charge on any atom is -0.494 e. The van der Waals surface area contributed by atoms with Gasteiger partial charge in [-0.25, -0.2) is 9.97 Å². The van der Waals surface area contributed by atoms with Crippen LogP contribution in [0.2, 0.25) is 0 Å². The molecule has 1 aromatic heterocycles. The Morgan fingerprint density at radius 1 is 1.00 bits per heavy atom. The van der Waals surface area contributed by atoms with Gasteiger partial charge in [0.05, 0.1) is 7.11 Å².